The second kappa shape index (κ2) is 7.41. The summed E-state index contributed by atoms with van der Waals surface area (Å²) in [7, 11) is 0. The number of halogens is 1. The molecule has 2 aromatic heterocycles. The van der Waals surface area contributed by atoms with Gasteiger partial charge in [-0.3, -0.25) is 10.1 Å². The van der Waals surface area contributed by atoms with Gasteiger partial charge in [0.05, 0.1) is 22.6 Å². The zero-order valence-corrected chi connectivity index (χ0v) is 15.6. The third-order valence-electron chi connectivity index (χ3n) is 4.17. The standard InChI is InChI=1S/C17H14BrN5O4/c18-13-8-12(23(24)25)9-19-15(13)22-6-7-26-10-14(22)17-21-20-16(27-17)11-4-2-1-3-5-11/h1-5,8-9,14H,6-7,10H2/t14-/m1/s1. The monoisotopic (exact) mass is 431 g/mol. The van der Waals surface area contributed by atoms with Crippen LogP contribution in [-0.2, 0) is 4.74 Å². The highest BCUT2D eigenvalue weighted by atomic mass is 79.9. The summed E-state index contributed by atoms with van der Waals surface area (Å²) in [4.78, 5) is 16.7. The van der Waals surface area contributed by atoms with E-state index in [4.69, 9.17) is 9.15 Å². The highest BCUT2D eigenvalue weighted by Crippen LogP contribution is 2.35. The number of hydrogen-bond donors (Lipinski definition) is 0. The summed E-state index contributed by atoms with van der Waals surface area (Å²) in [5.74, 6) is 1.39. The summed E-state index contributed by atoms with van der Waals surface area (Å²) in [6.07, 6.45) is 1.23. The van der Waals surface area contributed by atoms with E-state index in [2.05, 4.69) is 31.1 Å². The van der Waals surface area contributed by atoms with Crippen molar-refractivity contribution in [3.63, 3.8) is 0 Å². The first-order chi connectivity index (χ1) is 13.1. The molecule has 1 atom stereocenters. The second-order valence-corrected chi connectivity index (χ2v) is 6.71. The van der Waals surface area contributed by atoms with E-state index in [9.17, 15) is 10.1 Å². The van der Waals surface area contributed by atoms with Gasteiger partial charge in [-0.1, -0.05) is 18.2 Å². The first-order valence-electron chi connectivity index (χ1n) is 8.16. The molecule has 4 rings (SSSR count). The van der Waals surface area contributed by atoms with E-state index in [-0.39, 0.29) is 11.7 Å². The van der Waals surface area contributed by atoms with Crippen LogP contribution in [0.15, 0.2) is 51.5 Å². The third-order valence-corrected chi connectivity index (χ3v) is 4.75. The average molecular weight is 432 g/mol. The van der Waals surface area contributed by atoms with Crippen molar-refractivity contribution in [3.8, 4) is 11.5 Å². The molecule has 0 N–H and O–H groups in total. The molecule has 0 saturated carbocycles. The molecule has 138 valence electrons. The number of hydrogen-bond acceptors (Lipinski definition) is 8. The maximum Gasteiger partial charge on any atom is 0.288 e. The van der Waals surface area contributed by atoms with E-state index in [0.29, 0.717) is 41.8 Å². The highest BCUT2D eigenvalue weighted by Gasteiger charge is 2.32. The normalized spacial score (nSPS) is 17.1. The minimum Gasteiger partial charge on any atom is -0.418 e. The number of nitro groups is 1. The summed E-state index contributed by atoms with van der Waals surface area (Å²) in [6.45, 7) is 1.39. The predicted octanol–water partition coefficient (Wildman–Crippen LogP) is 3.38. The Bertz CT molecular complexity index is 965. The van der Waals surface area contributed by atoms with Crippen molar-refractivity contribution in [2.75, 3.05) is 24.7 Å². The molecule has 27 heavy (non-hydrogen) atoms. The number of benzene rings is 1. The molecular formula is C17H14BrN5O4. The van der Waals surface area contributed by atoms with Crippen molar-refractivity contribution < 1.29 is 14.1 Å². The van der Waals surface area contributed by atoms with Gasteiger partial charge < -0.3 is 14.1 Å². The fourth-order valence-electron chi connectivity index (χ4n) is 2.86. The van der Waals surface area contributed by atoms with Gasteiger partial charge in [-0.15, -0.1) is 10.2 Å². The molecule has 0 bridgehead atoms. The SMILES string of the molecule is O=[N+]([O-])c1cnc(N2CCOC[C@@H]2c2nnc(-c3ccccc3)o2)c(Br)c1. The van der Waals surface area contributed by atoms with E-state index in [1.54, 1.807) is 0 Å². The van der Waals surface area contributed by atoms with Gasteiger partial charge in [-0.05, 0) is 28.1 Å². The number of nitrogens with zero attached hydrogens (tertiary/aromatic N) is 5. The van der Waals surface area contributed by atoms with Crippen LogP contribution in [0.25, 0.3) is 11.5 Å². The summed E-state index contributed by atoms with van der Waals surface area (Å²) in [5, 5.41) is 19.2. The molecule has 0 amide bonds. The maximum absolute atomic E-state index is 10.9. The van der Waals surface area contributed by atoms with Gasteiger partial charge in [-0.2, -0.15) is 0 Å². The Morgan fingerprint density at radius 3 is 2.81 bits per heavy atom. The summed E-state index contributed by atoms with van der Waals surface area (Å²) >= 11 is 3.38. The molecule has 9 nitrogen and oxygen atoms in total. The van der Waals surface area contributed by atoms with E-state index in [1.165, 1.54) is 12.3 Å². The van der Waals surface area contributed by atoms with Crippen LogP contribution in [-0.4, -0.2) is 39.9 Å². The number of anilines is 1. The fourth-order valence-corrected chi connectivity index (χ4v) is 3.42. The van der Waals surface area contributed by atoms with Crippen molar-refractivity contribution in [2.24, 2.45) is 0 Å². The third kappa shape index (κ3) is 3.53. The molecule has 1 saturated heterocycles. The van der Waals surface area contributed by atoms with Crippen molar-refractivity contribution in [1.29, 1.82) is 0 Å². The second-order valence-electron chi connectivity index (χ2n) is 5.85. The minimum absolute atomic E-state index is 0.0837. The van der Waals surface area contributed by atoms with Crippen molar-refractivity contribution in [1.82, 2.24) is 15.2 Å². The van der Waals surface area contributed by atoms with Crippen molar-refractivity contribution in [3.05, 3.63) is 63.1 Å². The number of ether oxygens (including phenoxy) is 1. The summed E-state index contributed by atoms with van der Waals surface area (Å²) in [6, 6.07) is 10.6. The molecule has 3 aromatic rings. The molecule has 3 heterocycles. The molecule has 10 heteroatoms. The molecule has 1 aliphatic rings. The van der Waals surface area contributed by atoms with Crippen LogP contribution in [0, 0.1) is 10.1 Å². The van der Waals surface area contributed by atoms with Gasteiger partial charge >= 0.3 is 0 Å². The Hall–Kier alpha value is -2.85. The Morgan fingerprint density at radius 2 is 2.07 bits per heavy atom. The van der Waals surface area contributed by atoms with Gasteiger partial charge in [0, 0.05) is 18.2 Å². The average Bonchev–Trinajstić information content (AvgIpc) is 3.19. The summed E-state index contributed by atoms with van der Waals surface area (Å²) in [5.41, 5.74) is 0.744. The van der Waals surface area contributed by atoms with Crippen LogP contribution in [0.5, 0.6) is 0 Å². The quantitative estimate of drug-likeness (QED) is 0.456. The molecule has 1 aromatic carbocycles. The Balaban J connectivity index is 1.66. The number of rotatable bonds is 4. The lowest BCUT2D eigenvalue weighted by atomic mass is 10.2. The van der Waals surface area contributed by atoms with E-state index >= 15 is 0 Å². The van der Waals surface area contributed by atoms with E-state index in [0.717, 1.165) is 5.56 Å². The lowest BCUT2D eigenvalue weighted by molar-refractivity contribution is -0.385. The van der Waals surface area contributed by atoms with Crippen LogP contribution in [0.2, 0.25) is 0 Å². The summed E-state index contributed by atoms with van der Waals surface area (Å²) < 4.78 is 12.0. The Kier molecular flexibility index (Phi) is 4.82. The molecule has 0 radical (unpaired) electrons. The lowest BCUT2D eigenvalue weighted by Crippen LogP contribution is -2.40. The molecule has 1 aliphatic heterocycles. The van der Waals surface area contributed by atoms with E-state index in [1.807, 2.05) is 35.2 Å². The van der Waals surface area contributed by atoms with Gasteiger partial charge in [0.2, 0.25) is 11.8 Å². The maximum atomic E-state index is 10.9. The van der Waals surface area contributed by atoms with Crippen molar-refractivity contribution >= 4 is 27.4 Å². The van der Waals surface area contributed by atoms with Gasteiger partial charge in [-0.25, -0.2) is 4.98 Å². The highest BCUT2D eigenvalue weighted by molar-refractivity contribution is 9.10. The van der Waals surface area contributed by atoms with E-state index < -0.39 is 4.92 Å². The minimum atomic E-state index is -0.484. The topological polar surface area (TPSA) is 107 Å². The first-order valence-corrected chi connectivity index (χ1v) is 8.96. The Labute approximate surface area is 162 Å². The zero-order chi connectivity index (χ0) is 18.8. The van der Waals surface area contributed by atoms with Crippen LogP contribution < -0.4 is 4.90 Å². The molecule has 0 spiro atoms. The number of morpholine rings is 1. The predicted molar refractivity (Wildman–Crippen MR) is 99.2 cm³/mol. The fraction of sp³-hybridized carbons (Fsp3) is 0.235. The first kappa shape index (κ1) is 17.6. The van der Waals surface area contributed by atoms with Gasteiger partial charge in [0.25, 0.3) is 5.69 Å². The largest absolute Gasteiger partial charge is 0.418 e. The van der Waals surface area contributed by atoms with Crippen LogP contribution in [0.4, 0.5) is 11.5 Å². The number of aromatic nitrogens is 3. The van der Waals surface area contributed by atoms with Crippen LogP contribution >= 0.6 is 15.9 Å². The molecule has 1 fully saturated rings. The van der Waals surface area contributed by atoms with Gasteiger partial charge in [0.15, 0.2) is 0 Å². The molecule has 0 aliphatic carbocycles. The van der Waals surface area contributed by atoms with Gasteiger partial charge in [0.1, 0.15) is 18.1 Å². The molecule has 0 unspecified atom stereocenters. The lowest BCUT2D eigenvalue weighted by Gasteiger charge is -2.34. The molecular weight excluding hydrogens is 418 g/mol. The zero-order valence-electron chi connectivity index (χ0n) is 14.0. The smallest absolute Gasteiger partial charge is 0.288 e. The van der Waals surface area contributed by atoms with Crippen LogP contribution in [0.1, 0.15) is 11.9 Å². The Morgan fingerprint density at radius 1 is 1.26 bits per heavy atom. The van der Waals surface area contributed by atoms with Crippen molar-refractivity contribution in [2.45, 2.75) is 6.04 Å². The van der Waals surface area contributed by atoms with Crippen LogP contribution in [0.3, 0.4) is 0 Å². The number of pyridine rings is 1.